The third kappa shape index (κ3) is 7.08. The molecule has 2 unspecified atom stereocenters. The second-order valence-electron chi connectivity index (χ2n) is 10.4. The average Bonchev–Trinajstić information content (AvgIpc) is 2.99. The maximum Gasteiger partial charge on any atom is 0.260 e. The molecule has 2 atom stereocenters. The van der Waals surface area contributed by atoms with Crippen molar-refractivity contribution in [2.24, 2.45) is 0 Å². The number of hydrogen-bond donors (Lipinski definition) is 1. The summed E-state index contributed by atoms with van der Waals surface area (Å²) < 4.78 is 10.6. The largest absolute Gasteiger partial charge is 0.493 e. The normalized spacial score (nSPS) is 19.5. The number of halogens is 1. The third-order valence-electron chi connectivity index (χ3n) is 7.68. The fourth-order valence-corrected chi connectivity index (χ4v) is 7.22. The molecule has 1 saturated carbocycles. The van der Waals surface area contributed by atoms with Gasteiger partial charge in [0.25, 0.3) is 11.8 Å². The maximum atomic E-state index is 13.7. The monoisotopic (exact) mass is 590 g/mol. The van der Waals surface area contributed by atoms with Crippen LogP contribution in [-0.2, 0) is 17.8 Å². The molecule has 2 fully saturated rings. The lowest BCUT2D eigenvalue weighted by molar-refractivity contribution is -0.130. The van der Waals surface area contributed by atoms with Gasteiger partial charge >= 0.3 is 0 Å². The zero-order valence-electron chi connectivity index (χ0n) is 23.4. The number of carbonyl (C=O) groups is 2. The first kappa shape index (κ1) is 29.1. The van der Waals surface area contributed by atoms with Gasteiger partial charge in [-0.1, -0.05) is 54.8 Å². The van der Waals surface area contributed by atoms with Crippen LogP contribution in [0.3, 0.4) is 0 Å². The highest BCUT2D eigenvalue weighted by molar-refractivity contribution is 8.04. The molecule has 214 valence electrons. The van der Waals surface area contributed by atoms with Gasteiger partial charge in [-0.25, -0.2) is 0 Å². The molecule has 2 amide bonds. The van der Waals surface area contributed by atoms with Crippen LogP contribution < -0.4 is 14.8 Å². The van der Waals surface area contributed by atoms with Crippen molar-refractivity contribution in [1.29, 1.82) is 0 Å². The van der Waals surface area contributed by atoms with Crippen LogP contribution in [0.2, 0.25) is 5.02 Å². The van der Waals surface area contributed by atoms with Gasteiger partial charge in [0, 0.05) is 35.0 Å². The van der Waals surface area contributed by atoms with Gasteiger partial charge in [0.2, 0.25) is 0 Å². The standard InChI is InChI=1S/C33H35ClN2O4S/c1-39-28-15-12-23(19-29(28)40-2)16-17-35-32(37)25-13-10-22(11-14-25)20-31-33(38)36(21-24-6-5-7-26(34)18-24)27-8-3-4-9-30(27)41-31/h5-7,10-15,18-20,27,30H,3-4,8-9,16-17,21H2,1-2H3,(H,35,37)/b31-20+. The SMILES string of the molecule is COc1ccc(CCNC(=O)c2ccc(/C=C3/SC4CCCCC4N(Cc4cccc(Cl)c4)C3=O)cc2)cc1OC. The number of nitrogens with one attached hydrogen (secondary N) is 1. The van der Waals surface area contributed by atoms with Crippen LogP contribution in [0.25, 0.3) is 6.08 Å². The molecule has 0 aromatic heterocycles. The summed E-state index contributed by atoms with van der Waals surface area (Å²) in [6, 6.07) is 21.2. The van der Waals surface area contributed by atoms with Crippen LogP contribution in [0.1, 0.15) is 52.7 Å². The zero-order valence-corrected chi connectivity index (χ0v) is 25.0. The molecule has 5 rings (SSSR count). The van der Waals surface area contributed by atoms with E-state index in [2.05, 4.69) is 5.32 Å². The number of carbonyl (C=O) groups excluding carboxylic acids is 2. The minimum Gasteiger partial charge on any atom is -0.493 e. The summed E-state index contributed by atoms with van der Waals surface area (Å²) in [6.07, 6.45) is 7.11. The molecule has 3 aromatic carbocycles. The fourth-order valence-electron chi connectivity index (χ4n) is 5.53. The Labute approximate surface area is 251 Å². The minimum absolute atomic E-state index is 0.0649. The van der Waals surface area contributed by atoms with Crippen LogP contribution >= 0.6 is 23.4 Å². The number of thioether (sulfide) groups is 1. The van der Waals surface area contributed by atoms with Crippen molar-refractivity contribution in [3.05, 3.63) is 98.9 Å². The molecule has 0 spiro atoms. The van der Waals surface area contributed by atoms with E-state index in [0.717, 1.165) is 40.9 Å². The number of ether oxygens (including phenoxy) is 2. The van der Waals surface area contributed by atoms with Crippen LogP contribution in [0.4, 0.5) is 0 Å². The first-order valence-electron chi connectivity index (χ1n) is 14.0. The smallest absolute Gasteiger partial charge is 0.260 e. The highest BCUT2D eigenvalue weighted by Gasteiger charge is 2.40. The Hall–Kier alpha value is -3.42. The van der Waals surface area contributed by atoms with Gasteiger partial charge in [-0.2, -0.15) is 0 Å². The van der Waals surface area contributed by atoms with E-state index < -0.39 is 0 Å². The molecule has 1 N–H and O–H groups in total. The summed E-state index contributed by atoms with van der Waals surface area (Å²) >= 11 is 7.94. The number of hydrogen-bond acceptors (Lipinski definition) is 5. The minimum atomic E-state index is -0.134. The molecule has 1 heterocycles. The predicted octanol–water partition coefficient (Wildman–Crippen LogP) is 6.76. The number of amides is 2. The second kappa shape index (κ2) is 13.5. The van der Waals surface area contributed by atoms with Gasteiger partial charge < -0.3 is 19.7 Å². The van der Waals surface area contributed by atoms with Gasteiger partial charge in [0.15, 0.2) is 11.5 Å². The summed E-state index contributed by atoms with van der Waals surface area (Å²) in [4.78, 5) is 29.2. The Morgan fingerprint density at radius 2 is 1.78 bits per heavy atom. The molecule has 3 aromatic rings. The average molecular weight is 591 g/mol. The summed E-state index contributed by atoms with van der Waals surface area (Å²) in [5, 5.41) is 4.06. The molecule has 1 saturated heterocycles. The molecular weight excluding hydrogens is 556 g/mol. The highest BCUT2D eigenvalue weighted by Crippen LogP contribution is 2.42. The van der Waals surface area contributed by atoms with E-state index >= 15 is 0 Å². The Bertz CT molecular complexity index is 1420. The van der Waals surface area contributed by atoms with Crippen LogP contribution in [0.15, 0.2) is 71.6 Å². The van der Waals surface area contributed by atoms with E-state index in [9.17, 15) is 9.59 Å². The van der Waals surface area contributed by atoms with E-state index in [1.807, 2.05) is 77.7 Å². The third-order valence-corrected chi connectivity index (χ3v) is 9.31. The lowest BCUT2D eigenvalue weighted by atomic mass is 9.92. The summed E-state index contributed by atoms with van der Waals surface area (Å²) in [7, 11) is 3.21. The van der Waals surface area contributed by atoms with E-state index in [1.54, 1.807) is 26.0 Å². The van der Waals surface area contributed by atoms with Gasteiger partial charge in [-0.05, 0) is 78.4 Å². The van der Waals surface area contributed by atoms with Crippen molar-refractivity contribution in [2.75, 3.05) is 20.8 Å². The topological polar surface area (TPSA) is 67.9 Å². The molecule has 1 aliphatic carbocycles. The van der Waals surface area contributed by atoms with Crippen molar-refractivity contribution in [2.45, 2.75) is 49.9 Å². The molecule has 41 heavy (non-hydrogen) atoms. The first-order valence-corrected chi connectivity index (χ1v) is 15.2. The molecular formula is C33H35ClN2O4S. The number of fused-ring (bicyclic) bond motifs is 1. The van der Waals surface area contributed by atoms with E-state index in [-0.39, 0.29) is 17.9 Å². The van der Waals surface area contributed by atoms with Gasteiger partial charge in [-0.15, -0.1) is 11.8 Å². The first-order chi connectivity index (χ1) is 19.9. The van der Waals surface area contributed by atoms with E-state index in [0.29, 0.717) is 46.8 Å². The van der Waals surface area contributed by atoms with Crippen molar-refractivity contribution in [1.82, 2.24) is 10.2 Å². The van der Waals surface area contributed by atoms with E-state index in [4.69, 9.17) is 21.1 Å². The predicted molar refractivity (Wildman–Crippen MR) is 166 cm³/mol. The fraction of sp³-hybridized carbons (Fsp3) is 0.333. The Morgan fingerprint density at radius 1 is 1.00 bits per heavy atom. The number of methoxy groups -OCH3 is 2. The molecule has 8 heteroatoms. The molecule has 6 nitrogen and oxygen atoms in total. The number of rotatable bonds is 9. The molecule has 0 radical (unpaired) electrons. The Morgan fingerprint density at radius 3 is 2.54 bits per heavy atom. The van der Waals surface area contributed by atoms with Crippen LogP contribution in [-0.4, -0.2) is 48.8 Å². The number of benzene rings is 3. The summed E-state index contributed by atoms with van der Waals surface area (Å²) in [5.74, 6) is 1.28. The van der Waals surface area contributed by atoms with Crippen molar-refractivity contribution in [3.63, 3.8) is 0 Å². The van der Waals surface area contributed by atoms with Crippen LogP contribution in [0.5, 0.6) is 11.5 Å². The van der Waals surface area contributed by atoms with Crippen LogP contribution in [0, 0.1) is 0 Å². The maximum absolute atomic E-state index is 13.7. The van der Waals surface area contributed by atoms with Crippen molar-refractivity contribution >= 4 is 41.3 Å². The lowest BCUT2D eigenvalue weighted by Gasteiger charge is -2.44. The number of nitrogens with zero attached hydrogens (tertiary/aromatic N) is 1. The summed E-state index contributed by atoms with van der Waals surface area (Å²) in [5.41, 5.74) is 3.57. The van der Waals surface area contributed by atoms with Gasteiger partial charge in [0.05, 0.1) is 19.1 Å². The van der Waals surface area contributed by atoms with Crippen molar-refractivity contribution in [3.8, 4) is 11.5 Å². The summed E-state index contributed by atoms with van der Waals surface area (Å²) in [6.45, 7) is 1.05. The van der Waals surface area contributed by atoms with Crippen molar-refractivity contribution < 1.29 is 19.1 Å². The zero-order chi connectivity index (χ0) is 28.8. The Kier molecular flexibility index (Phi) is 9.57. The van der Waals surface area contributed by atoms with Gasteiger partial charge in [0.1, 0.15) is 0 Å². The van der Waals surface area contributed by atoms with E-state index in [1.165, 1.54) is 6.42 Å². The molecule has 1 aliphatic heterocycles. The molecule has 2 aliphatic rings. The van der Waals surface area contributed by atoms with Gasteiger partial charge in [-0.3, -0.25) is 9.59 Å². The second-order valence-corrected chi connectivity index (χ2v) is 12.1. The Balaban J connectivity index is 1.23. The molecule has 0 bridgehead atoms. The quantitative estimate of drug-likeness (QED) is 0.279. The lowest BCUT2D eigenvalue weighted by Crippen LogP contribution is -2.50. The highest BCUT2D eigenvalue weighted by atomic mass is 35.5.